The lowest BCUT2D eigenvalue weighted by molar-refractivity contribution is 0.462. The molecule has 0 aliphatic carbocycles. The molecule has 13 heavy (non-hydrogen) atoms. The minimum Gasteiger partial charge on any atom is -0.507 e. The Bertz CT molecular complexity index is 294. The van der Waals surface area contributed by atoms with Crippen molar-refractivity contribution in [3.63, 3.8) is 0 Å². The highest BCUT2D eigenvalue weighted by Gasteiger charge is 2.14. The summed E-state index contributed by atoms with van der Waals surface area (Å²) in [6, 6.07) is 2.44. The van der Waals surface area contributed by atoms with Crippen molar-refractivity contribution >= 4 is 23.2 Å². The Morgan fingerprint density at radius 1 is 1.38 bits per heavy atom. The van der Waals surface area contributed by atoms with Gasteiger partial charge >= 0.3 is 0 Å². The minimum absolute atomic E-state index is 0.0181. The highest BCUT2D eigenvalue weighted by Crippen LogP contribution is 2.33. The van der Waals surface area contributed by atoms with E-state index in [1.165, 1.54) is 12.1 Å². The summed E-state index contributed by atoms with van der Waals surface area (Å²) in [4.78, 5) is 0. The van der Waals surface area contributed by atoms with E-state index >= 15 is 0 Å². The molecule has 0 heterocycles. The number of phenols is 1. The first-order valence-electron chi connectivity index (χ1n) is 3.69. The van der Waals surface area contributed by atoms with E-state index in [-0.39, 0.29) is 12.3 Å². The third-order valence-corrected chi connectivity index (χ3v) is 2.23. The lowest BCUT2D eigenvalue weighted by atomic mass is 10.1. The van der Waals surface area contributed by atoms with Crippen LogP contribution in [-0.4, -0.2) is 11.7 Å². The Morgan fingerprint density at radius 2 is 2.00 bits per heavy atom. The first-order chi connectivity index (χ1) is 6.06. The molecule has 1 atom stereocenters. The van der Waals surface area contributed by atoms with Crippen molar-refractivity contribution < 1.29 is 5.11 Å². The van der Waals surface area contributed by atoms with E-state index in [0.29, 0.717) is 15.6 Å². The van der Waals surface area contributed by atoms with Crippen LogP contribution >= 0.6 is 23.2 Å². The third-order valence-electron chi connectivity index (χ3n) is 1.70. The molecular formula is C8H10Cl2N2O. The predicted octanol–water partition coefficient (Wildman–Crippen LogP) is 1.66. The number of phenolic OH excluding ortho intramolecular Hbond substituents is 1. The second-order valence-electron chi connectivity index (χ2n) is 2.66. The molecule has 0 aromatic heterocycles. The van der Waals surface area contributed by atoms with Gasteiger partial charge in [0.1, 0.15) is 5.75 Å². The van der Waals surface area contributed by atoms with Crippen LogP contribution < -0.4 is 11.5 Å². The number of rotatable bonds is 2. The van der Waals surface area contributed by atoms with Crippen molar-refractivity contribution in [2.24, 2.45) is 11.5 Å². The van der Waals surface area contributed by atoms with Gasteiger partial charge in [-0.05, 0) is 12.1 Å². The van der Waals surface area contributed by atoms with Gasteiger partial charge in [0.05, 0.1) is 5.02 Å². The van der Waals surface area contributed by atoms with Crippen LogP contribution in [0.3, 0.4) is 0 Å². The lowest BCUT2D eigenvalue weighted by Gasteiger charge is -2.13. The molecule has 5 N–H and O–H groups in total. The molecule has 3 nitrogen and oxygen atoms in total. The molecule has 0 amide bonds. The van der Waals surface area contributed by atoms with Crippen molar-refractivity contribution in [3.05, 3.63) is 27.7 Å². The third kappa shape index (κ3) is 2.25. The first kappa shape index (κ1) is 10.6. The fourth-order valence-corrected chi connectivity index (χ4v) is 1.68. The van der Waals surface area contributed by atoms with Crippen LogP contribution in [0, 0.1) is 0 Å². The summed E-state index contributed by atoms with van der Waals surface area (Å²) in [5.41, 5.74) is 11.4. The van der Waals surface area contributed by atoms with Gasteiger partial charge in [-0.25, -0.2) is 0 Å². The van der Waals surface area contributed by atoms with Crippen LogP contribution in [0.2, 0.25) is 10.0 Å². The van der Waals surface area contributed by atoms with E-state index < -0.39 is 6.04 Å². The summed E-state index contributed by atoms with van der Waals surface area (Å²) >= 11 is 11.5. The second kappa shape index (κ2) is 4.15. The maximum absolute atomic E-state index is 9.47. The number of nitrogens with two attached hydrogens (primary N) is 2. The van der Waals surface area contributed by atoms with Crippen LogP contribution in [0.15, 0.2) is 12.1 Å². The van der Waals surface area contributed by atoms with Crippen molar-refractivity contribution in [1.82, 2.24) is 0 Å². The van der Waals surface area contributed by atoms with E-state index in [0.717, 1.165) is 0 Å². The lowest BCUT2D eigenvalue weighted by Crippen LogP contribution is -2.21. The van der Waals surface area contributed by atoms with Crippen molar-refractivity contribution in [3.8, 4) is 5.75 Å². The number of aromatic hydroxyl groups is 1. The second-order valence-corrected chi connectivity index (χ2v) is 3.51. The van der Waals surface area contributed by atoms with E-state index in [9.17, 15) is 5.11 Å². The van der Waals surface area contributed by atoms with Gasteiger partial charge in [-0.1, -0.05) is 23.2 Å². The van der Waals surface area contributed by atoms with E-state index in [1.807, 2.05) is 0 Å². The first-order valence-corrected chi connectivity index (χ1v) is 4.45. The molecule has 0 saturated heterocycles. The Morgan fingerprint density at radius 3 is 2.46 bits per heavy atom. The van der Waals surface area contributed by atoms with Gasteiger partial charge < -0.3 is 16.6 Å². The number of halogens is 2. The molecule has 0 radical (unpaired) electrons. The van der Waals surface area contributed by atoms with Gasteiger partial charge in [0, 0.05) is 23.2 Å². The quantitative estimate of drug-likeness (QED) is 0.710. The topological polar surface area (TPSA) is 72.3 Å². The van der Waals surface area contributed by atoms with Gasteiger partial charge in [-0.2, -0.15) is 0 Å². The van der Waals surface area contributed by atoms with Gasteiger partial charge in [0.25, 0.3) is 0 Å². The smallest absolute Gasteiger partial charge is 0.123 e. The zero-order valence-electron chi connectivity index (χ0n) is 6.80. The average molecular weight is 221 g/mol. The fraction of sp³-hybridized carbons (Fsp3) is 0.250. The SMILES string of the molecule is NC[C@H](N)c1c(O)cc(Cl)cc1Cl. The average Bonchev–Trinajstić information content (AvgIpc) is 2.02. The van der Waals surface area contributed by atoms with Gasteiger partial charge in [-0.3, -0.25) is 0 Å². The number of hydrogen-bond donors (Lipinski definition) is 3. The fourth-order valence-electron chi connectivity index (χ4n) is 1.06. The maximum atomic E-state index is 9.47. The Labute approximate surface area is 86.2 Å². The standard InChI is InChI=1S/C8H10Cl2N2O/c9-4-1-5(10)8(6(12)3-11)7(13)2-4/h1-2,6,13H,3,11-12H2/t6-/m0/s1. The minimum atomic E-state index is -0.468. The molecule has 1 aromatic rings. The van der Waals surface area contributed by atoms with Crippen LogP contribution in [0.4, 0.5) is 0 Å². The molecule has 1 rings (SSSR count). The molecule has 0 bridgehead atoms. The summed E-state index contributed by atoms with van der Waals surface area (Å²) in [6.07, 6.45) is 0. The molecule has 5 heteroatoms. The molecular weight excluding hydrogens is 211 g/mol. The molecule has 0 unspecified atom stereocenters. The Hall–Kier alpha value is -0.480. The molecule has 0 aliphatic rings. The van der Waals surface area contributed by atoms with Crippen LogP contribution in [-0.2, 0) is 0 Å². The molecule has 0 aliphatic heterocycles. The van der Waals surface area contributed by atoms with Crippen LogP contribution in [0.1, 0.15) is 11.6 Å². The van der Waals surface area contributed by atoms with Crippen molar-refractivity contribution in [1.29, 1.82) is 0 Å². The van der Waals surface area contributed by atoms with Crippen LogP contribution in [0.5, 0.6) is 5.75 Å². The highest BCUT2D eigenvalue weighted by atomic mass is 35.5. The van der Waals surface area contributed by atoms with Crippen LogP contribution in [0.25, 0.3) is 0 Å². The molecule has 0 fully saturated rings. The summed E-state index contributed by atoms with van der Waals surface area (Å²) in [7, 11) is 0. The summed E-state index contributed by atoms with van der Waals surface area (Å²) in [6.45, 7) is 0.217. The Balaban J connectivity index is 3.20. The Kier molecular flexibility index (Phi) is 3.39. The number of hydrogen-bond acceptors (Lipinski definition) is 3. The van der Waals surface area contributed by atoms with E-state index in [1.54, 1.807) is 0 Å². The molecule has 0 spiro atoms. The summed E-state index contributed by atoms with van der Waals surface area (Å²) < 4.78 is 0. The van der Waals surface area contributed by atoms with Gasteiger partial charge in [-0.15, -0.1) is 0 Å². The van der Waals surface area contributed by atoms with Crippen molar-refractivity contribution in [2.45, 2.75) is 6.04 Å². The highest BCUT2D eigenvalue weighted by molar-refractivity contribution is 6.35. The van der Waals surface area contributed by atoms with Crippen molar-refractivity contribution in [2.75, 3.05) is 6.54 Å². The predicted molar refractivity (Wildman–Crippen MR) is 54.1 cm³/mol. The molecule has 1 aromatic carbocycles. The van der Waals surface area contributed by atoms with Gasteiger partial charge in [0.2, 0.25) is 0 Å². The summed E-state index contributed by atoms with van der Waals surface area (Å²) in [5, 5.41) is 10.2. The largest absolute Gasteiger partial charge is 0.507 e. The number of benzene rings is 1. The van der Waals surface area contributed by atoms with Gasteiger partial charge in [0.15, 0.2) is 0 Å². The maximum Gasteiger partial charge on any atom is 0.123 e. The monoisotopic (exact) mass is 220 g/mol. The molecule has 0 saturated carbocycles. The summed E-state index contributed by atoms with van der Waals surface area (Å²) in [5.74, 6) is -0.0181. The normalized spacial score (nSPS) is 12.9. The van der Waals surface area contributed by atoms with E-state index in [2.05, 4.69) is 0 Å². The molecule has 72 valence electrons. The van der Waals surface area contributed by atoms with E-state index in [4.69, 9.17) is 34.7 Å². The zero-order chi connectivity index (χ0) is 10.0. The zero-order valence-corrected chi connectivity index (χ0v) is 8.31.